The Morgan fingerprint density at radius 2 is 1.79 bits per heavy atom. The Kier molecular flexibility index (Phi) is 5.30. The molecule has 6 heteroatoms. The average molecular weight is 389 g/mol. The highest BCUT2D eigenvalue weighted by Gasteiger charge is 2.11. The molecule has 0 fully saturated rings. The molecule has 1 aromatic carbocycles. The minimum absolute atomic E-state index is 0.0886. The van der Waals surface area contributed by atoms with Gasteiger partial charge in [-0.2, -0.15) is 0 Å². The smallest absolute Gasteiger partial charge is 0.230 e. The molecule has 0 saturated carbocycles. The molecule has 0 aliphatic carbocycles. The van der Waals surface area contributed by atoms with Gasteiger partial charge < -0.3 is 9.73 Å². The lowest BCUT2D eigenvalue weighted by atomic mass is 10.1. The number of nitrogens with one attached hydrogen (secondary N) is 1. The summed E-state index contributed by atoms with van der Waals surface area (Å²) in [7, 11) is 0. The maximum absolute atomic E-state index is 12.3. The summed E-state index contributed by atoms with van der Waals surface area (Å²) in [4.78, 5) is 20.9. The van der Waals surface area contributed by atoms with E-state index in [4.69, 9.17) is 4.42 Å². The highest BCUT2D eigenvalue weighted by Crippen LogP contribution is 2.25. The van der Waals surface area contributed by atoms with Crippen LogP contribution in [0.2, 0.25) is 0 Å². The summed E-state index contributed by atoms with van der Waals surface area (Å²) in [5, 5.41) is 5.61. The first kappa shape index (κ1) is 18.1. The van der Waals surface area contributed by atoms with Crippen LogP contribution in [0.4, 0.5) is 5.69 Å². The highest BCUT2D eigenvalue weighted by molar-refractivity contribution is 7.13. The van der Waals surface area contributed by atoms with Crippen LogP contribution >= 0.6 is 11.3 Å². The summed E-state index contributed by atoms with van der Waals surface area (Å²) in [6.45, 7) is 1.90. The van der Waals surface area contributed by atoms with Crippen molar-refractivity contribution in [1.29, 1.82) is 0 Å². The van der Waals surface area contributed by atoms with E-state index in [1.165, 1.54) is 22.5 Å². The number of aromatic nitrogens is 2. The zero-order valence-corrected chi connectivity index (χ0v) is 16.2. The molecule has 0 aliphatic rings. The van der Waals surface area contributed by atoms with Crippen LogP contribution in [0.1, 0.15) is 22.6 Å². The van der Waals surface area contributed by atoms with Crippen molar-refractivity contribution >= 4 is 22.9 Å². The van der Waals surface area contributed by atoms with Crippen molar-refractivity contribution in [2.24, 2.45) is 0 Å². The second-order valence-electron chi connectivity index (χ2n) is 6.51. The number of furan rings is 1. The topological polar surface area (TPSA) is 68.0 Å². The minimum atomic E-state index is -0.0886. The Balaban J connectivity index is 1.34. The third kappa shape index (κ3) is 4.53. The number of carbonyl (C=O) groups excluding carboxylic acids is 1. The number of aryl methyl sites for hydroxylation is 1. The molecule has 4 rings (SSSR count). The fourth-order valence-electron chi connectivity index (χ4n) is 2.86. The van der Waals surface area contributed by atoms with Gasteiger partial charge >= 0.3 is 0 Å². The van der Waals surface area contributed by atoms with Crippen molar-refractivity contribution in [3.8, 4) is 10.8 Å². The fraction of sp³-hybridized carbons (Fsp3) is 0.136. The number of benzene rings is 1. The van der Waals surface area contributed by atoms with Gasteiger partial charge in [0.2, 0.25) is 5.91 Å². The summed E-state index contributed by atoms with van der Waals surface area (Å²) in [6, 6.07) is 15.7. The van der Waals surface area contributed by atoms with Crippen LogP contribution in [0, 0.1) is 6.92 Å². The van der Waals surface area contributed by atoms with Gasteiger partial charge in [-0.1, -0.05) is 12.1 Å². The maximum atomic E-state index is 12.3. The Morgan fingerprint density at radius 1 is 1.04 bits per heavy atom. The van der Waals surface area contributed by atoms with Gasteiger partial charge in [-0.25, -0.2) is 4.98 Å². The van der Waals surface area contributed by atoms with E-state index < -0.39 is 0 Å². The van der Waals surface area contributed by atoms with E-state index >= 15 is 0 Å². The van der Waals surface area contributed by atoms with E-state index in [0.29, 0.717) is 0 Å². The monoisotopic (exact) mass is 389 g/mol. The molecule has 0 spiro atoms. The SMILES string of the molecule is Cc1ccc(-c2nc(CC(=O)Nc3ccc(Cc4ccncc4)cc3)cs2)o1. The van der Waals surface area contributed by atoms with Crippen LogP contribution in [0.3, 0.4) is 0 Å². The van der Waals surface area contributed by atoms with Gasteiger partial charge in [-0.15, -0.1) is 11.3 Å². The third-order valence-corrected chi connectivity index (χ3v) is 5.15. The first-order valence-corrected chi connectivity index (χ1v) is 9.82. The summed E-state index contributed by atoms with van der Waals surface area (Å²) in [6.07, 6.45) is 4.65. The second-order valence-corrected chi connectivity index (χ2v) is 7.37. The van der Waals surface area contributed by atoms with Gasteiger partial charge in [0, 0.05) is 23.5 Å². The van der Waals surface area contributed by atoms with Crippen molar-refractivity contribution < 1.29 is 9.21 Å². The molecule has 0 radical (unpaired) electrons. The van der Waals surface area contributed by atoms with E-state index in [2.05, 4.69) is 15.3 Å². The molecule has 4 aromatic rings. The van der Waals surface area contributed by atoms with Gasteiger partial charge in [0.15, 0.2) is 10.8 Å². The minimum Gasteiger partial charge on any atom is -0.459 e. The van der Waals surface area contributed by atoms with Crippen molar-refractivity contribution in [3.63, 3.8) is 0 Å². The molecule has 140 valence electrons. The molecule has 0 unspecified atom stereocenters. The first-order valence-electron chi connectivity index (χ1n) is 8.94. The zero-order valence-electron chi connectivity index (χ0n) is 15.4. The average Bonchev–Trinajstić information content (AvgIpc) is 3.33. The van der Waals surface area contributed by atoms with Gasteiger partial charge in [-0.05, 0) is 60.9 Å². The molecule has 3 aromatic heterocycles. The Hall–Kier alpha value is -3.25. The molecule has 0 atom stereocenters. The lowest BCUT2D eigenvalue weighted by Crippen LogP contribution is -2.14. The largest absolute Gasteiger partial charge is 0.459 e. The molecule has 5 nitrogen and oxygen atoms in total. The van der Waals surface area contributed by atoms with E-state index in [-0.39, 0.29) is 12.3 Å². The number of anilines is 1. The number of hydrogen-bond acceptors (Lipinski definition) is 5. The number of carbonyl (C=O) groups is 1. The van der Waals surface area contributed by atoms with Crippen LogP contribution in [-0.4, -0.2) is 15.9 Å². The van der Waals surface area contributed by atoms with Crippen molar-refractivity contribution in [2.75, 3.05) is 5.32 Å². The summed E-state index contributed by atoms with van der Waals surface area (Å²) in [5.41, 5.74) is 3.90. The molecule has 28 heavy (non-hydrogen) atoms. The quantitative estimate of drug-likeness (QED) is 0.510. The van der Waals surface area contributed by atoms with E-state index in [0.717, 1.165) is 34.3 Å². The van der Waals surface area contributed by atoms with E-state index in [1.807, 2.05) is 60.8 Å². The lowest BCUT2D eigenvalue weighted by Gasteiger charge is -2.06. The number of thiazole rings is 1. The Labute approximate surface area is 167 Å². The standard InChI is InChI=1S/C22H19N3O2S/c1-15-2-7-20(27-15)22-25-19(14-28-22)13-21(26)24-18-5-3-16(4-6-18)12-17-8-10-23-11-9-17/h2-11,14H,12-13H2,1H3,(H,24,26). The third-order valence-electron chi connectivity index (χ3n) is 4.24. The molecule has 1 amide bonds. The van der Waals surface area contributed by atoms with Crippen LogP contribution in [0.15, 0.2) is 70.7 Å². The Bertz CT molecular complexity index is 1070. The number of rotatable bonds is 6. The fourth-order valence-corrected chi connectivity index (χ4v) is 3.64. The summed E-state index contributed by atoms with van der Waals surface area (Å²) < 4.78 is 5.58. The summed E-state index contributed by atoms with van der Waals surface area (Å²) >= 11 is 1.48. The van der Waals surface area contributed by atoms with Gasteiger partial charge in [-0.3, -0.25) is 9.78 Å². The Morgan fingerprint density at radius 3 is 2.50 bits per heavy atom. The number of hydrogen-bond donors (Lipinski definition) is 1. The normalized spacial score (nSPS) is 10.8. The van der Waals surface area contributed by atoms with E-state index in [1.54, 1.807) is 12.4 Å². The second kappa shape index (κ2) is 8.19. The van der Waals surface area contributed by atoms with Crippen LogP contribution in [0.5, 0.6) is 0 Å². The molecular weight excluding hydrogens is 370 g/mol. The predicted octanol–water partition coefficient (Wildman–Crippen LogP) is 4.88. The first-order chi connectivity index (χ1) is 13.7. The van der Waals surface area contributed by atoms with Crippen LogP contribution in [0.25, 0.3) is 10.8 Å². The lowest BCUT2D eigenvalue weighted by molar-refractivity contribution is -0.115. The van der Waals surface area contributed by atoms with Gasteiger partial charge in [0.1, 0.15) is 5.76 Å². The number of nitrogens with zero attached hydrogens (tertiary/aromatic N) is 2. The molecule has 3 heterocycles. The van der Waals surface area contributed by atoms with Crippen LogP contribution in [-0.2, 0) is 17.6 Å². The van der Waals surface area contributed by atoms with Gasteiger partial charge in [0.25, 0.3) is 0 Å². The number of amides is 1. The zero-order chi connectivity index (χ0) is 19.3. The van der Waals surface area contributed by atoms with Crippen LogP contribution < -0.4 is 5.32 Å². The van der Waals surface area contributed by atoms with Crippen molar-refractivity contribution in [1.82, 2.24) is 9.97 Å². The van der Waals surface area contributed by atoms with Gasteiger partial charge in [0.05, 0.1) is 12.1 Å². The highest BCUT2D eigenvalue weighted by atomic mass is 32.1. The molecular formula is C22H19N3O2S. The predicted molar refractivity (Wildman–Crippen MR) is 110 cm³/mol. The summed E-state index contributed by atoms with van der Waals surface area (Å²) in [5.74, 6) is 1.49. The van der Waals surface area contributed by atoms with Crippen molar-refractivity contribution in [2.45, 2.75) is 19.8 Å². The van der Waals surface area contributed by atoms with Crippen molar-refractivity contribution in [3.05, 3.63) is 88.9 Å². The maximum Gasteiger partial charge on any atom is 0.230 e. The molecule has 0 saturated heterocycles. The number of pyridine rings is 1. The van der Waals surface area contributed by atoms with E-state index in [9.17, 15) is 4.79 Å². The molecule has 1 N–H and O–H groups in total. The molecule has 0 aliphatic heterocycles. The molecule has 0 bridgehead atoms.